The first kappa shape index (κ1) is 14.8. The Morgan fingerprint density at radius 1 is 1.20 bits per heavy atom. The van der Waals surface area contributed by atoms with E-state index in [0.717, 1.165) is 14.3 Å². The van der Waals surface area contributed by atoms with Crippen molar-refractivity contribution in [2.45, 2.75) is 13.8 Å². The predicted octanol–water partition coefficient (Wildman–Crippen LogP) is 3.55. The summed E-state index contributed by atoms with van der Waals surface area (Å²) in [5, 5.41) is 1.62. The number of halogens is 1. The van der Waals surface area contributed by atoms with Crippen LogP contribution >= 0.6 is 22.6 Å². The van der Waals surface area contributed by atoms with Gasteiger partial charge in [0.25, 0.3) is 0 Å². The first-order chi connectivity index (χ1) is 9.51. The summed E-state index contributed by atoms with van der Waals surface area (Å²) in [4.78, 5) is 23.0. The zero-order valence-electron chi connectivity index (χ0n) is 11.1. The summed E-state index contributed by atoms with van der Waals surface area (Å²) >= 11 is 2.18. The molecule has 0 spiro atoms. The Hall–Kier alpha value is -1.63. The second kappa shape index (κ2) is 6.21. The Balaban J connectivity index is 2.60. The normalized spacial score (nSPS) is 10.3. The number of carbonyl (C=O) groups excluding carboxylic acids is 2. The van der Waals surface area contributed by atoms with Gasteiger partial charge in [0.15, 0.2) is 0 Å². The molecule has 0 amide bonds. The van der Waals surface area contributed by atoms with E-state index in [2.05, 4.69) is 22.6 Å². The molecule has 5 heteroatoms. The monoisotopic (exact) mass is 384 g/mol. The van der Waals surface area contributed by atoms with Gasteiger partial charge in [0, 0.05) is 15.9 Å². The molecule has 0 N–H and O–H groups in total. The lowest BCUT2D eigenvalue weighted by Crippen LogP contribution is -2.07. The van der Waals surface area contributed by atoms with E-state index < -0.39 is 11.9 Å². The predicted molar refractivity (Wildman–Crippen MR) is 83.9 cm³/mol. The third-order valence-corrected chi connectivity index (χ3v) is 3.31. The standard InChI is InChI=1S/C15H13IO4/c1-3-19-15(18)11-6-10-4-5-12(16)8-13(10)14(7-11)20-9(2)17/h4-8H,3H2,1-2H3. The number of fused-ring (bicyclic) bond motifs is 1. The van der Waals surface area contributed by atoms with Crippen molar-refractivity contribution in [3.05, 3.63) is 39.5 Å². The first-order valence-electron chi connectivity index (χ1n) is 6.10. The summed E-state index contributed by atoms with van der Waals surface area (Å²) in [5.74, 6) is -0.482. The minimum absolute atomic E-state index is 0.298. The van der Waals surface area contributed by atoms with E-state index in [-0.39, 0.29) is 0 Å². The summed E-state index contributed by atoms with van der Waals surface area (Å²) in [6.45, 7) is 3.37. The average Bonchev–Trinajstić information content (AvgIpc) is 2.38. The fraction of sp³-hybridized carbons (Fsp3) is 0.200. The summed E-state index contributed by atoms with van der Waals surface area (Å²) in [6, 6.07) is 8.99. The molecular formula is C15H13IO4. The second-order valence-electron chi connectivity index (χ2n) is 4.15. The Kier molecular flexibility index (Phi) is 4.59. The second-order valence-corrected chi connectivity index (χ2v) is 5.40. The largest absolute Gasteiger partial charge is 0.462 e. The molecular weight excluding hydrogens is 371 g/mol. The van der Waals surface area contributed by atoms with Gasteiger partial charge in [-0.1, -0.05) is 6.07 Å². The highest BCUT2D eigenvalue weighted by atomic mass is 127. The van der Waals surface area contributed by atoms with Gasteiger partial charge in [-0.25, -0.2) is 4.79 Å². The molecule has 0 aliphatic rings. The van der Waals surface area contributed by atoms with Gasteiger partial charge in [-0.3, -0.25) is 4.79 Å². The zero-order chi connectivity index (χ0) is 14.7. The van der Waals surface area contributed by atoms with Gasteiger partial charge in [-0.2, -0.15) is 0 Å². The van der Waals surface area contributed by atoms with Crippen LogP contribution in [0, 0.1) is 3.57 Å². The molecule has 0 atom stereocenters. The third-order valence-electron chi connectivity index (χ3n) is 2.64. The van der Waals surface area contributed by atoms with Gasteiger partial charge in [0.1, 0.15) is 5.75 Å². The number of hydrogen-bond acceptors (Lipinski definition) is 4. The van der Waals surface area contributed by atoms with Crippen molar-refractivity contribution in [1.82, 2.24) is 0 Å². The van der Waals surface area contributed by atoms with Crippen LogP contribution in [0.4, 0.5) is 0 Å². The molecule has 0 aliphatic heterocycles. The van der Waals surface area contributed by atoms with Crippen molar-refractivity contribution < 1.29 is 19.1 Å². The van der Waals surface area contributed by atoms with Gasteiger partial charge in [-0.05, 0) is 59.2 Å². The van der Waals surface area contributed by atoms with E-state index in [9.17, 15) is 9.59 Å². The lowest BCUT2D eigenvalue weighted by atomic mass is 10.1. The number of benzene rings is 2. The van der Waals surface area contributed by atoms with E-state index in [1.165, 1.54) is 13.0 Å². The minimum Gasteiger partial charge on any atom is -0.462 e. The molecule has 0 saturated carbocycles. The van der Waals surface area contributed by atoms with Crippen LogP contribution in [0.25, 0.3) is 10.8 Å². The van der Waals surface area contributed by atoms with E-state index in [4.69, 9.17) is 9.47 Å². The number of carbonyl (C=O) groups is 2. The molecule has 0 fully saturated rings. The van der Waals surface area contributed by atoms with Crippen LogP contribution in [0.15, 0.2) is 30.3 Å². The Bertz CT molecular complexity index is 679. The quantitative estimate of drug-likeness (QED) is 0.462. The lowest BCUT2D eigenvalue weighted by molar-refractivity contribution is -0.131. The van der Waals surface area contributed by atoms with Crippen molar-refractivity contribution in [2.75, 3.05) is 6.61 Å². The van der Waals surface area contributed by atoms with Crippen LogP contribution in [-0.4, -0.2) is 18.5 Å². The fourth-order valence-corrected chi connectivity index (χ4v) is 2.36. The number of rotatable bonds is 3. The van der Waals surface area contributed by atoms with E-state index >= 15 is 0 Å². The molecule has 0 radical (unpaired) electrons. The fourth-order valence-electron chi connectivity index (χ4n) is 1.87. The van der Waals surface area contributed by atoms with Crippen molar-refractivity contribution in [1.29, 1.82) is 0 Å². The van der Waals surface area contributed by atoms with Crippen LogP contribution in [0.1, 0.15) is 24.2 Å². The van der Waals surface area contributed by atoms with Crippen LogP contribution in [-0.2, 0) is 9.53 Å². The van der Waals surface area contributed by atoms with Gasteiger partial charge in [0.05, 0.1) is 12.2 Å². The molecule has 2 aromatic carbocycles. The Morgan fingerprint density at radius 3 is 2.60 bits per heavy atom. The van der Waals surface area contributed by atoms with Crippen molar-refractivity contribution >= 4 is 45.3 Å². The summed E-state index contributed by atoms with van der Waals surface area (Å²) in [6.07, 6.45) is 0. The summed E-state index contributed by atoms with van der Waals surface area (Å²) in [5.41, 5.74) is 0.372. The van der Waals surface area contributed by atoms with Crippen LogP contribution in [0.2, 0.25) is 0 Å². The van der Waals surface area contributed by atoms with Gasteiger partial charge < -0.3 is 9.47 Å². The highest BCUT2D eigenvalue weighted by Gasteiger charge is 2.13. The number of hydrogen-bond donors (Lipinski definition) is 0. The molecule has 4 nitrogen and oxygen atoms in total. The van der Waals surface area contributed by atoms with Gasteiger partial charge in [-0.15, -0.1) is 0 Å². The summed E-state index contributed by atoms with van der Waals surface area (Å²) < 4.78 is 11.2. The third kappa shape index (κ3) is 3.27. The van der Waals surface area contributed by atoms with Crippen LogP contribution in [0.3, 0.4) is 0 Å². The molecule has 0 heterocycles. The average molecular weight is 384 g/mol. The smallest absolute Gasteiger partial charge is 0.338 e. The van der Waals surface area contributed by atoms with E-state index in [1.54, 1.807) is 13.0 Å². The van der Waals surface area contributed by atoms with E-state index in [0.29, 0.717) is 17.9 Å². The molecule has 104 valence electrons. The van der Waals surface area contributed by atoms with Crippen molar-refractivity contribution in [3.8, 4) is 5.75 Å². The van der Waals surface area contributed by atoms with Gasteiger partial charge >= 0.3 is 11.9 Å². The maximum atomic E-state index is 11.8. The Labute approximate surface area is 130 Å². The molecule has 2 rings (SSSR count). The van der Waals surface area contributed by atoms with E-state index in [1.807, 2.05) is 18.2 Å². The van der Waals surface area contributed by atoms with Crippen molar-refractivity contribution in [2.24, 2.45) is 0 Å². The van der Waals surface area contributed by atoms with Crippen LogP contribution in [0.5, 0.6) is 5.75 Å². The molecule has 2 aromatic rings. The summed E-state index contributed by atoms with van der Waals surface area (Å²) in [7, 11) is 0. The molecule has 20 heavy (non-hydrogen) atoms. The molecule has 0 aromatic heterocycles. The van der Waals surface area contributed by atoms with Crippen molar-refractivity contribution in [3.63, 3.8) is 0 Å². The highest BCUT2D eigenvalue weighted by molar-refractivity contribution is 14.1. The molecule has 0 unspecified atom stereocenters. The number of ether oxygens (including phenoxy) is 2. The maximum absolute atomic E-state index is 11.8. The van der Waals surface area contributed by atoms with Gasteiger partial charge in [0.2, 0.25) is 0 Å². The topological polar surface area (TPSA) is 52.6 Å². The number of esters is 2. The highest BCUT2D eigenvalue weighted by Crippen LogP contribution is 2.29. The first-order valence-corrected chi connectivity index (χ1v) is 7.18. The minimum atomic E-state index is -0.429. The maximum Gasteiger partial charge on any atom is 0.338 e. The zero-order valence-corrected chi connectivity index (χ0v) is 13.3. The molecule has 0 saturated heterocycles. The van der Waals surface area contributed by atoms with Crippen LogP contribution < -0.4 is 4.74 Å². The lowest BCUT2D eigenvalue weighted by Gasteiger charge is -2.10. The Morgan fingerprint density at radius 2 is 1.95 bits per heavy atom. The molecule has 0 bridgehead atoms. The molecule has 0 aliphatic carbocycles. The SMILES string of the molecule is CCOC(=O)c1cc(OC(C)=O)c2cc(I)ccc2c1.